The van der Waals surface area contributed by atoms with E-state index in [1.54, 1.807) is 37.3 Å². The van der Waals surface area contributed by atoms with Gasteiger partial charge in [0, 0.05) is 18.2 Å². The molecule has 0 atom stereocenters. The molecule has 2 rings (SSSR count). The van der Waals surface area contributed by atoms with Crippen molar-refractivity contribution in [2.75, 3.05) is 0 Å². The molecule has 0 bridgehead atoms. The SMILES string of the molecule is Cc1ccc(Oc2c(Cl)cccc2CN)c([N+](=O)[O-])c1. The Morgan fingerprint density at radius 1 is 1.35 bits per heavy atom. The van der Waals surface area contributed by atoms with Gasteiger partial charge in [-0.25, -0.2) is 0 Å². The predicted molar refractivity (Wildman–Crippen MR) is 77.3 cm³/mol. The maximum atomic E-state index is 11.1. The second kappa shape index (κ2) is 5.90. The highest BCUT2D eigenvalue weighted by atomic mass is 35.5. The van der Waals surface area contributed by atoms with Gasteiger partial charge >= 0.3 is 5.69 Å². The van der Waals surface area contributed by atoms with Crippen molar-refractivity contribution >= 4 is 17.3 Å². The van der Waals surface area contributed by atoms with E-state index in [1.165, 1.54) is 6.07 Å². The van der Waals surface area contributed by atoms with Crippen molar-refractivity contribution in [2.24, 2.45) is 5.73 Å². The van der Waals surface area contributed by atoms with Crippen LogP contribution in [0.25, 0.3) is 0 Å². The summed E-state index contributed by atoms with van der Waals surface area (Å²) < 4.78 is 5.62. The van der Waals surface area contributed by atoms with E-state index in [-0.39, 0.29) is 18.0 Å². The van der Waals surface area contributed by atoms with Crippen LogP contribution in [0.15, 0.2) is 36.4 Å². The first-order valence-electron chi connectivity index (χ1n) is 5.93. The van der Waals surface area contributed by atoms with Crippen molar-refractivity contribution in [1.82, 2.24) is 0 Å². The quantitative estimate of drug-likeness (QED) is 0.686. The topological polar surface area (TPSA) is 78.4 Å². The molecule has 5 nitrogen and oxygen atoms in total. The number of hydrogen-bond acceptors (Lipinski definition) is 4. The Morgan fingerprint density at radius 3 is 2.75 bits per heavy atom. The number of nitrogens with two attached hydrogens (primary N) is 1. The van der Waals surface area contributed by atoms with E-state index in [4.69, 9.17) is 22.1 Å². The lowest BCUT2D eigenvalue weighted by Gasteiger charge is -2.12. The number of halogens is 1. The number of aryl methyl sites for hydroxylation is 1. The van der Waals surface area contributed by atoms with Crippen molar-refractivity contribution in [2.45, 2.75) is 13.5 Å². The number of benzene rings is 2. The van der Waals surface area contributed by atoms with Gasteiger partial charge in [0.05, 0.1) is 9.95 Å². The average molecular weight is 293 g/mol. The minimum absolute atomic E-state index is 0.104. The van der Waals surface area contributed by atoms with Crippen LogP contribution in [-0.2, 0) is 6.54 Å². The van der Waals surface area contributed by atoms with Gasteiger partial charge in [-0.1, -0.05) is 29.8 Å². The van der Waals surface area contributed by atoms with Gasteiger partial charge in [0.1, 0.15) is 0 Å². The summed E-state index contributed by atoms with van der Waals surface area (Å²) in [6, 6.07) is 9.91. The molecule has 0 fully saturated rings. The van der Waals surface area contributed by atoms with E-state index in [9.17, 15) is 10.1 Å². The standard InChI is InChI=1S/C14H13ClN2O3/c1-9-5-6-13(12(7-9)17(18)19)20-14-10(8-16)3-2-4-11(14)15/h2-7H,8,16H2,1H3. The second-order valence-corrected chi connectivity index (χ2v) is 4.67. The van der Waals surface area contributed by atoms with Gasteiger partial charge in [-0.15, -0.1) is 0 Å². The molecule has 6 heteroatoms. The fourth-order valence-electron chi connectivity index (χ4n) is 1.79. The molecule has 0 amide bonds. The number of rotatable bonds is 4. The van der Waals surface area contributed by atoms with Gasteiger partial charge < -0.3 is 10.5 Å². The van der Waals surface area contributed by atoms with Gasteiger partial charge in [0.25, 0.3) is 0 Å². The van der Waals surface area contributed by atoms with Crippen LogP contribution >= 0.6 is 11.6 Å². The molecule has 2 N–H and O–H groups in total. The maximum absolute atomic E-state index is 11.1. The molecule has 0 spiro atoms. The minimum Gasteiger partial charge on any atom is -0.448 e. The molecule has 104 valence electrons. The molecule has 0 saturated carbocycles. The maximum Gasteiger partial charge on any atom is 0.311 e. The predicted octanol–water partition coefficient (Wildman–Crippen LogP) is 3.81. The summed E-state index contributed by atoms with van der Waals surface area (Å²) in [6.07, 6.45) is 0. The molecule has 0 aliphatic carbocycles. The third-order valence-electron chi connectivity index (χ3n) is 2.79. The smallest absolute Gasteiger partial charge is 0.311 e. The first kappa shape index (κ1) is 14.3. The van der Waals surface area contributed by atoms with Gasteiger partial charge in [-0.2, -0.15) is 0 Å². The third kappa shape index (κ3) is 2.89. The van der Waals surface area contributed by atoms with E-state index in [0.717, 1.165) is 5.56 Å². The Kier molecular flexibility index (Phi) is 4.22. The van der Waals surface area contributed by atoms with Crippen LogP contribution in [0.3, 0.4) is 0 Å². The van der Waals surface area contributed by atoms with Crippen LogP contribution in [0, 0.1) is 17.0 Å². The fourth-order valence-corrected chi connectivity index (χ4v) is 2.03. The number of para-hydroxylation sites is 1. The van der Waals surface area contributed by atoms with Crippen molar-refractivity contribution in [3.63, 3.8) is 0 Å². The van der Waals surface area contributed by atoms with Gasteiger partial charge in [-0.3, -0.25) is 10.1 Å². The molecule has 0 saturated heterocycles. The summed E-state index contributed by atoms with van der Waals surface area (Å²) in [5.41, 5.74) is 6.99. The van der Waals surface area contributed by atoms with Crippen molar-refractivity contribution in [1.29, 1.82) is 0 Å². The van der Waals surface area contributed by atoms with Crippen molar-refractivity contribution in [3.8, 4) is 11.5 Å². The fraction of sp³-hybridized carbons (Fsp3) is 0.143. The van der Waals surface area contributed by atoms with E-state index >= 15 is 0 Å². The molecular formula is C14H13ClN2O3. The molecule has 0 radical (unpaired) electrons. The van der Waals surface area contributed by atoms with Crippen molar-refractivity contribution in [3.05, 3.63) is 62.7 Å². The normalized spacial score (nSPS) is 10.3. The summed E-state index contributed by atoms with van der Waals surface area (Å²) >= 11 is 6.07. The Labute approximate surface area is 121 Å². The second-order valence-electron chi connectivity index (χ2n) is 4.26. The Balaban J connectivity index is 2.48. The molecule has 0 heterocycles. The zero-order valence-corrected chi connectivity index (χ0v) is 11.6. The average Bonchev–Trinajstić information content (AvgIpc) is 2.42. The largest absolute Gasteiger partial charge is 0.448 e. The highest BCUT2D eigenvalue weighted by Gasteiger charge is 2.18. The van der Waals surface area contributed by atoms with Crippen molar-refractivity contribution < 1.29 is 9.66 Å². The number of nitrogens with zero attached hydrogens (tertiary/aromatic N) is 1. The molecule has 20 heavy (non-hydrogen) atoms. The van der Waals surface area contributed by atoms with Gasteiger partial charge in [0.2, 0.25) is 5.75 Å². The highest BCUT2D eigenvalue weighted by Crippen LogP contribution is 2.37. The van der Waals surface area contributed by atoms with Gasteiger partial charge in [-0.05, 0) is 24.6 Å². The van der Waals surface area contributed by atoms with Crippen LogP contribution in [0.4, 0.5) is 5.69 Å². The van der Waals surface area contributed by atoms with Crippen LogP contribution in [0.1, 0.15) is 11.1 Å². The number of nitro groups is 1. The van der Waals surface area contributed by atoms with E-state index in [0.29, 0.717) is 16.3 Å². The molecule has 2 aromatic carbocycles. The summed E-state index contributed by atoms with van der Waals surface area (Å²) in [7, 11) is 0. The van der Waals surface area contributed by atoms with Gasteiger partial charge in [0.15, 0.2) is 5.75 Å². The van der Waals surface area contributed by atoms with E-state index in [2.05, 4.69) is 0 Å². The summed E-state index contributed by atoms with van der Waals surface area (Å²) in [6.45, 7) is 2.01. The molecule has 2 aromatic rings. The number of nitro benzene ring substituents is 1. The van der Waals surface area contributed by atoms with Crippen LogP contribution in [0.5, 0.6) is 11.5 Å². The minimum atomic E-state index is -0.485. The summed E-state index contributed by atoms with van der Waals surface area (Å²) in [4.78, 5) is 10.6. The lowest BCUT2D eigenvalue weighted by molar-refractivity contribution is -0.385. The molecular weight excluding hydrogens is 280 g/mol. The van der Waals surface area contributed by atoms with E-state index in [1.807, 2.05) is 0 Å². The lowest BCUT2D eigenvalue weighted by atomic mass is 10.2. The highest BCUT2D eigenvalue weighted by molar-refractivity contribution is 6.32. The number of ether oxygens (including phenoxy) is 1. The monoisotopic (exact) mass is 292 g/mol. The summed E-state index contributed by atoms with van der Waals surface area (Å²) in [5.74, 6) is 0.493. The first-order valence-corrected chi connectivity index (χ1v) is 6.31. The molecule has 0 aliphatic rings. The molecule has 0 aliphatic heterocycles. The summed E-state index contributed by atoms with van der Waals surface area (Å²) in [5, 5.41) is 11.4. The van der Waals surface area contributed by atoms with Crippen LogP contribution in [0.2, 0.25) is 5.02 Å². The zero-order valence-electron chi connectivity index (χ0n) is 10.8. The number of hydrogen-bond donors (Lipinski definition) is 1. The Morgan fingerprint density at radius 2 is 2.10 bits per heavy atom. The third-order valence-corrected chi connectivity index (χ3v) is 3.09. The van der Waals surface area contributed by atoms with Crippen LogP contribution in [-0.4, -0.2) is 4.92 Å². The Hall–Kier alpha value is -2.11. The Bertz CT molecular complexity index is 659. The molecule has 0 unspecified atom stereocenters. The lowest BCUT2D eigenvalue weighted by Crippen LogP contribution is -2.01. The molecule has 0 aromatic heterocycles. The van der Waals surface area contributed by atoms with Crippen LogP contribution < -0.4 is 10.5 Å². The zero-order chi connectivity index (χ0) is 14.7. The van der Waals surface area contributed by atoms with E-state index < -0.39 is 4.92 Å². The first-order chi connectivity index (χ1) is 9.52.